The molecule has 0 saturated heterocycles. The van der Waals surface area contributed by atoms with Crippen LogP contribution in [0.5, 0.6) is 0 Å². The van der Waals surface area contributed by atoms with Gasteiger partial charge in [-0.15, -0.1) is 0 Å². The van der Waals surface area contributed by atoms with Gasteiger partial charge in [-0.2, -0.15) is 0 Å². The number of benzene rings is 1. The fraction of sp³-hybridized carbons (Fsp3) is 0.571. The van der Waals surface area contributed by atoms with Crippen LogP contribution in [0.25, 0.3) is 0 Å². The average molecular weight is 221 g/mol. The minimum absolute atomic E-state index is 0.170. The van der Waals surface area contributed by atoms with E-state index < -0.39 is 0 Å². The SMILES string of the molecule is CC(CC(C)(C)c1ccccc1)NCCO. The summed E-state index contributed by atoms with van der Waals surface area (Å²) in [5.41, 5.74) is 1.54. The Morgan fingerprint density at radius 2 is 1.88 bits per heavy atom. The molecule has 0 saturated carbocycles. The third-order valence-electron chi connectivity index (χ3n) is 2.98. The first-order valence-corrected chi connectivity index (χ1v) is 5.96. The maximum Gasteiger partial charge on any atom is 0.0556 e. The molecule has 0 aliphatic rings. The monoisotopic (exact) mass is 221 g/mol. The Morgan fingerprint density at radius 3 is 2.44 bits per heavy atom. The van der Waals surface area contributed by atoms with Crippen LogP contribution in [0.2, 0.25) is 0 Å². The van der Waals surface area contributed by atoms with Crippen molar-refractivity contribution in [3.8, 4) is 0 Å². The van der Waals surface area contributed by atoms with Gasteiger partial charge in [0.1, 0.15) is 0 Å². The smallest absolute Gasteiger partial charge is 0.0556 e. The summed E-state index contributed by atoms with van der Waals surface area (Å²) in [7, 11) is 0. The van der Waals surface area contributed by atoms with Gasteiger partial charge in [0, 0.05) is 12.6 Å². The summed E-state index contributed by atoms with van der Waals surface area (Å²) in [6.07, 6.45) is 1.07. The molecule has 1 aromatic carbocycles. The Kier molecular flexibility index (Phi) is 4.97. The van der Waals surface area contributed by atoms with Crippen molar-refractivity contribution < 1.29 is 5.11 Å². The summed E-state index contributed by atoms with van der Waals surface area (Å²) in [6.45, 7) is 7.57. The molecule has 0 aliphatic heterocycles. The van der Waals surface area contributed by atoms with Gasteiger partial charge in [0.15, 0.2) is 0 Å². The largest absolute Gasteiger partial charge is 0.395 e. The van der Waals surface area contributed by atoms with Crippen molar-refractivity contribution in [1.82, 2.24) is 5.32 Å². The fourth-order valence-corrected chi connectivity index (χ4v) is 2.16. The van der Waals surface area contributed by atoms with Crippen molar-refractivity contribution >= 4 is 0 Å². The Hall–Kier alpha value is -0.860. The first-order valence-electron chi connectivity index (χ1n) is 5.96. The molecule has 0 radical (unpaired) electrons. The van der Waals surface area contributed by atoms with Crippen molar-refractivity contribution in [1.29, 1.82) is 0 Å². The topological polar surface area (TPSA) is 32.3 Å². The van der Waals surface area contributed by atoms with E-state index in [1.807, 2.05) is 6.07 Å². The van der Waals surface area contributed by atoms with E-state index in [9.17, 15) is 0 Å². The highest BCUT2D eigenvalue weighted by atomic mass is 16.3. The molecule has 16 heavy (non-hydrogen) atoms. The standard InChI is InChI=1S/C14H23NO/c1-12(15-9-10-16)11-14(2,3)13-7-5-4-6-8-13/h4-8,12,15-16H,9-11H2,1-3H3. The Labute approximate surface area is 98.7 Å². The van der Waals surface area contributed by atoms with Crippen LogP contribution in [0, 0.1) is 0 Å². The Balaban J connectivity index is 2.58. The molecule has 0 aliphatic carbocycles. The molecule has 0 amide bonds. The minimum atomic E-state index is 0.170. The van der Waals surface area contributed by atoms with Crippen LogP contribution >= 0.6 is 0 Å². The zero-order valence-corrected chi connectivity index (χ0v) is 10.5. The van der Waals surface area contributed by atoms with Crippen molar-refractivity contribution in [2.24, 2.45) is 0 Å². The van der Waals surface area contributed by atoms with Gasteiger partial charge in [-0.1, -0.05) is 44.2 Å². The number of aliphatic hydroxyl groups excluding tert-OH is 1. The maximum absolute atomic E-state index is 8.77. The zero-order valence-electron chi connectivity index (χ0n) is 10.5. The van der Waals surface area contributed by atoms with Crippen LogP contribution in [-0.2, 0) is 5.41 Å². The molecule has 1 aromatic rings. The molecule has 0 spiro atoms. The first kappa shape index (κ1) is 13.2. The molecular formula is C14H23NO. The van der Waals surface area contributed by atoms with Gasteiger partial charge in [0.05, 0.1) is 6.61 Å². The minimum Gasteiger partial charge on any atom is -0.395 e. The normalized spacial score (nSPS) is 13.8. The van der Waals surface area contributed by atoms with E-state index in [4.69, 9.17) is 5.11 Å². The van der Waals surface area contributed by atoms with Gasteiger partial charge in [0.2, 0.25) is 0 Å². The molecule has 1 unspecified atom stereocenters. The second-order valence-electron chi connectivity index (χ2n) is 5.03. The van der Waals surface area contributed by atoms with Gasteiger partial charge in [-0.05, 0) is 24.3 Å². The van der Waals surface area contributed by atoms with E-state index in [2.05, 4.69) is 50.4 Å². The molecule has 90 valence electrons. The van der Waals surface area contributed by atoms with E-state index >= 15 is 0 Å². The van der Waals surface area contributed by atoms with Crippen LogP contribution in [-0.4, -0.2) is 24.3 Å². The molecule has 0 aromatic heterocycles. The second-order valence-corrected chi connectivity index (χ2v) is 5.03. The summed E-state index contributed by atoms with van der Waals surface area (Å²) in [5, 5.41) is 12.1. The predicted molar refractivity (Wildman–Crippen MR) is 68.6 cm³/mol. The molecule has 2 heteroatoms. The van der Waals surface area contributed by atoms with Gasteiger partial charge in [0.25, 0.3) is 0 Å². The van der Waals surface area contributed by atoms with E-state index in [-0.39, 0.29) is 12.0 Å². The van der Waals surface area contributed by atoms with Gasteiger partial charge >= 0.3 is 0 Å². The zero-order chi connectivity index (χ0) is 12.0. The molecular weight excluding hydrogens is 198 g/mol. The molecule has 0 heterocycles. The quantitative estimate of drug-likeness (QED) is 0.772. The van der Waals surface area contributed by atoms with Crippen LogP contribution in [0.1, 0.15) is 32.8 Å². The summed E-state index contributed by atoms with van der Waals surface area (Å²) in [6, 6.07) is 11.0. The van der Waals surface area contributed by atoms with Gasteiger partial charge in [-0.3, -0.25) is 0 Å². The number of nitrogens with one attached hydrogen (secondary N) is 1. The summed E-state index contributed by atoms with van der Waals surface area (Å²) in [4.78, 5) is 0. The van der Waals surface area contributed by atoms with E-state index in [0.717, 1.165) is 6.42 Å². The Bertz CT molecular complexity index is 295. The maximum atomic E-state index is 8.77. The third kappa shape index (κ3) is 3.95. The third-order valence-corrected chi connectivity index (χ3v) is 2.98. The molecule has 0 bridgehead atoms. The highest BCUT2D eigenvalue weighted by Gasteiger charge is 2.22. The summed E-state index contributed by atoms with van der Waals surface area (Å²) < 4.78 is 0. The van der Waals surface area contributed by atoms with Crippen molar-refractivity contribution in [2.45, 2.75) is 38.6 Å². The van der Waals surface area contributed by atoms with Crippen molar-refractivity contribution in [3.63, 3.8) is 0 Å². The average Bonchev–Trinajstić information content (AvgIpc) is 2.27. The Morgan fingerprint density at radius 1 is 1.25 bits per heavy atom. The van der Waals surface area contributed by atoms with Crippen LogP contribution in [0.15, 0.2) is 30.3 Å². The second kappa shape index (κ2) is 6.02. The van der Waals surface area contributed by atoms with Crippen LogP contribution < -0.4 is 5.32 Å². The molecule has 1 rings (SSSR count). The molecule has 2 N–H and O–H groups in total. The van der Waals surface area contributed by atoms with Gasteiger partial charge < -0.3 is 10.4 Å². The molecule has 1 atom stereocenters. The predicted octanol–water partition coefficient (Wildman–Crippen LogP) is 2.32. The number of rotatable bonds is 6. The first-order chi connectivity index (χ1) is 7.56. The van der Waals surface area contributed by atoms with E-state index in [1.54, 1.807) is 0 Å². The van der Waals surface area contributed by atoms with Crippen molar-refractivity contribution in [3.05, 3.63) is 35.9 Å². The fourth-order valence-electron chi connectivity index (χ4n) is 2.16. The lowest BCUT2D eigenvalue weighted by atomic mass is 9.79. The molecule has 2 nitrogen and oxygen atoms in total. The molecule has 0 fully saturated rings. The van der Waals surface area contributed by atoms with Gasteiger partial charge in [-0.25, -0.2) is 0 Å². The summed E-state index contributed by atoms with van der Waals surface area (Å²) >= 11 is 0. The lowest BCUT2D eigenvalue weighted by Crippen LogP contribution is -2.34. The number of hydrogen-bond acceptors (Lipinski definition) is 2. The van der Waals surface area contributed by atoms with Crippen LogP contribution in [0.3, 0.4) is 0 Å². The highest BCUT2D eigenvalue weighted by Crippen LogP contribution is 2.27. The lowest BCUT2D eigenvalue weighted by Gasteiger charge is -2.29. The highest BCUT2D eigenvalue weighted by molar-refractivity contribution is 5.23. The van der Waals surface area contributed by atoms with Crippen LogP contribution in [0.4, 0.5) is 0 Å². The number of aliphatic hydroxyl groups is 1. The van der Waals surface area contributed by atoms with E-state index in [1.165, 1.54) is 5.56 Å². The summed E-state index contributed by atoms with van der Waals surface area (Å²) in [5.74, 6) is 0. The lowest BCUT2D eigenvalue weighted by molar-refractivity contribution is 0.277. The number of hydrogen-bond donors (Lipinski definition) is 2. The van der Waals surface area contributed by atoms with Crippen molar-refractivity contribution in [2.75, 3.05) is 13.2 Å². The van der Waals surface area contributed by atoms with E-state index in [0.29, 0.717) is 12.6 Å².